The number of amides is 2. The van der Waals surface area contributed by atoms with Gasteiger partial charge in [0.2, 0.25) is 5.91 Å². The molecule has 0 aliphatic heterocycles. The van der Waals surface area contributed by atoms with E-state index in [0.717, 1.165) is 13.1 Å². The van der Waals surface area contributed by atoms with Crippen molar-refractivity contribution >= 4 is 23.2 Å². The third-order valence-corrected chi connectivity index (χ3v) is 4.58. The van der Waals surface area contributed by atoms with E-state index in [1.165, 1.54) is 37.1 Å². The summed E-state index contributed by atoms with van der Waals surface area (Å²) >= 11 is 0. The second-order valence-electron chi connectivity index (χ2n) is 6.83. The van der Waals surface area contributed by atoms with Crippen LogP contribution >= 0.6 is 0 Å². The quantitative estimate of drug-likeness (QED) is 0.745. The SMILES string of the molecule is CCN(CC(=O)Nc1ccccc1C(=O)Nc1ccc(F)cc1)CC1CC1. The smallest absolute Gasteiger partial charge is 0.257 e. The minimum atomic E-state index is -0.368. The highest BCUT2D eigenvalue weighted by molar-refractivity contribution is 6.10. The molecule has 0 bridgehead atoms. The molecule has 0 aromatic heterocycles. The van der Waals surface area contributed by atoms with Crippen LogP contribution in [0.5, 0.6) is 0 Å². The first-order chi connectivity index (χ1) is 13.0. The van der Waals surface area contributed by atoms with Gasteiger partial charge in [-0.2, -0.15) is 0 Å². The Hall–Kier alpha value is -2.73. The van der Waals surface area contributed by atoms with Crippen molar-refractivity contribution in [1.82, 2.24) is 4.90 Å². The van der Waals surface area contributed by atoms with Crippen molar-refractivity contribution in [2.45, 2.75) is 19.8 Å². The van der Waals surface area contributed by atoms with E-state index in [-0.39, 0.29) is 17.6 Å². The zero-order valence-corrected chi connectivity index (χ0v) is 15.4. The summed E-state index contributed by atoms with van der Waals surface area (Å²) in [6, 6.07) is 12.4. The van der Waals surface area contributed by atoms with Crippen molar-refractivity contribution in [2.24, 2.45) is 5.92 Å². The number of benzene rings is 2. The van der Waals surface area contributed by atoms with Crippen LogP contribution in [-0.4, -0.2) is 36.3 Å². The van der Waals surface area contributed by atoms with Gasteiger partial charge in [0.1, 0.15) is 5.82 Å². The number of rotatable bonds is 8. The molecule has 0 saturated heterocycles. The van der Waals surface area contributed by atoms with Gasteiger partial charge in [-0.25, -0.2) is 4.39 Å². The minimum Gasteiger partial charge on any atom is -0.324 e. The number of anilines is 2. The fourth-order valence-corrected chi connectivity index (χ4v) is 2.89. The molecule has 0 radical (unpaired) electrons. The summed E-state index contributed by atoms with van der Waals surface area (Å²) in [5.74, 6) is -0.152. The lowest BCUT2D eigenvalue weighted by atomic mass is 10.1. The Bertz CT molecular complexity index is 803. The topological polar surface area (TPSA) is 61.4 Å². The Labute approximate surface area is 158 Å². The summed E-state index contributed by atoms with van der Waals surface area (Å²) in [6.07, 6.45) is 2.48. The zero-order valence-electron chi connectivity index (χ0n) is 15.4. The fraction of sp³-hybridized carbons (Fsp3) is 0.333. The first kappa shape index (κ1) is 19.0. The number of halogens is 1. The lowest BCUT2D eigenvalue weighted by Crippen LogP contribution is -2.35. The molecule has 5 nitrogen and oxygen atoms in total. The maximum atomic E-state index is 13.0. The molecular formula is C21H24FN3O2. The summed E-state index contributed by atoms with van der Waals surface area (Å²) in [6.45, 7) is 4.11. The third-order valence-electron chi connectivity index (χ3n) is 4.58. The molecule has 6 heteroatoms. The highest BCUT2D eigenvalue weighted by atomic mass is 19.1. The molecule has 2 aromatic rings. The van der Waals surface area contributed by atoms with E-state index >= 15 is 0 Å². The van der Waals surface area contributed by atoms with Gasteiger partial charge < -0.3 is 10.6 Å². The number of para-hydroxylation sites is 1. The molecule has 1 aliphatic carbocycles. The Kier molecular flexibility index (Phi) is 6.19. The van der Waals surface area contributed by atoms with E-state index in [4.69, 9.17) is 0 Å². The predicted molar refractivity (Wildman–Crippen MR) is 104 cm³/mol. The van der Waals surface area contributed by atoms with Gasteiger partial charge in [0.05, 0.1) is 17.8 Å². The third kappa shape index (κ3) is 5.62. The highest BCUT2D eigenvalue weighted by Crippen LogP contribution is 2.29. The van der Waals surface area contributed by atoms with E-state index in [0.29, 0.717) is 29.4 Å². The van der Waals surface area contributed by atoms with Gasteiger partial charge >= 0.3 is 0 Å². The molecule has 142 valence electrons. The lowest BCUT2D eigenvalue weighted by molar-refractivity contribution is -0.117. The second-order valence-corrected chi connectivity index (χ2v) is 6.83. The number of likely N-dealkylation sites (N-methyl/N-ethyl adjacent to an activating group) is 1. The highest BCUT2D eigenvalue weighted by Gasteiger charge is 2.24. The molecule has 2 amide bonds. The molecule has 0 spiro atoms. The number of carbonyl (C=O) groups is 2. The number of hydrogen-bond donors (Lipinski definition) is 2. The van der Waals surface area contributed by atoms with Crippen molar-refractivity contribution in [3.63, 3.8) is 0 Å². The standard InChI is InChI=1S/C21H24FN3O2/c1-2-25(13-15-7-8-15)14-20(26)24-19-6-4-3-5-18(19)21(27)23-17-11-9-16(22)10-12-17/h3-6,9-12,15H,2,7-8,13-14H2,1H3,(H,23,27)(H,24,26). The maximum absolute atomic E-state index is 13.0. The van der Waals surface area contributed by atoms with Crippen LogP contribution in [0.2, 0.25) is 0 Å². The summed E-state index contributed by atoms with van der Waals surface area (Å²) in [7, 11) is 0. The van der Waals surface area contributed by atoms with Crippen LogP contribution < -0.4 is 10.6 Å². The average molecular weight is 369 g/mol. The average Bonchev–Trinajstić information content (AvgIpc) is 3.47. The van der Waals surface area contributed by atoms with Crippen molar-refractivity contribution in [3.05, 3.63) is 59.9 Å². The van der Waals surface area contributed by atoms with Gasteiger partial charge in [0, 0.05) is 12.2 Å². The van der Waals surface area contributed by atoms with Crippen LogP contribution in [0.3, 0.4) is 0 Å². The van der Waals surface area contributed by atoms with Gasteiger partial charge in [0.15, 0.2) is 0 Å². The molecule has 3 rings (SSSR count). The van der Waals surface area contributed by atoms with E-state index in [1.54, 1.807) is 24.3 Å². The van der Waals surface area contributed by atoms with Crippen LogP contribution in [0.1, 0.15) is 30.1 Å². The monoisotopic (exact) mass is 369 g/mol. The number of nitrogens with zero attached hydrogens (tertiary/aromatic N) is 1. The first-order valence-corrected chi connectivity index (χ1v) is 9.23. The van der Waals surface area contributed by atoms with Gasteiger partial charge in [-0.3, -0.25) is 14.5 Å². The molecular weight excluding hydrogens is 345 g/mol. The van der Waals surface area contributed by atoms with E-state index in [2.05, 4.69) is 15.5 Å². The van der Waals surface area contributed by atoms with Crippen LogP contribution in [0.25, 0.3) is 0 Å². The predicted octanol–water partition coefficient (Wildman–Crippen LogP) is 3.75. The van der Waals surface area contributed by atoms with Gasteiger partial charge in [-0.15, -0.1) is 0 Å². The minimum absolute atomic E-state index is 0.139. The summed E-state index contributed by atoms with van der Waals surface area (Å²) in [5, 5.41) is 5.56. The van der Waals surface area contributed by atoms with Crippen molar-refractivity contribution < 1.29 is 14.0 Å². The summed E-state index contributed by atoms with van der Waals surface area (Å²) in [5.41, 5.74) is 1.31. The molecule has 27 heavy (non-hydrogen) atoms. The van der Waals surface area contributed by atoms with Gasteiger partial charge in [-0.1, -0.05) is 19.1 Å². The van der Waals surface area contributed by atoms with E-state index in [1.807, 2.05) is 6.92 Å². The van der Waals surface area contributed by atoms with E-state index < -0.39 is 0 Å². The summed E-state index contributed by atoms with van der Waals surface area (Å²) < 4.78 is 13.0. The molecule has 2 N–H and O–H groups in total. The molecule has 0 unspecified atom stereocenters. The van der Waals surface area contributed by atoms with Crippen LogP contribution in [0.4, 0.5) is 15.8 Å². The number of carbonyl (C=O) groups excluding carboxylic acids is 2. The van der Waals surface area contributed by atoms with Gasteiger partial charge in [-0.05, 0) is 61.7 Å². The molecule has 1 fully saturated rings. The summed E-state index contributed by atoms with van der Waals surface area (Å²) in [4.78, 5) is 27.1. The Morgan fingerprint density at radius 3 is 2.44 bits per heavy atom. The van der Waals surface area contributed by atoms with Crippen molar-refractivity contribution in [3.8, 4) is 0 Å². The van der Waals surface area contributed by atoms with Crippen LogP contribution in [0.15, 0.2) is 48.5 Å². The van der Waals surface area contributed by atoms with Crippen LogP contribution in [0, 0.1) is 11.7 Å². The normalized spacial score (nSPS) is 13.4. The Morgan fingerprint density at radius 1 is 1.07 bits per heavy atom. The Balaban J connectivity index is 1.64. The van der Waals surface area contributed by atoms with Gasteiger partial charge in [0.25, 0.3) is 5.91 Å². The lowest BCUT2D eigenvalue weighted by Gasteiger charge is -2.20. The molecule has 1 saturated carbocycles. The largest absolute Gasteiger partial charge is 0.324 e. The number of hydrogen-bond acceptors (Lipinski definition) is 3. The van der Waals surface area contributed by atoms with Crippen molar-refractivity contribution in [2.75, 3.05) is 30.3 Å². The molecule has 2 aromatic carbocycles. The Morgan fingerprint density at radius 2 is 1.78 bits per heavy atom. The van der Waals surface area contributed by atoms with E-state index in [9.17, 15) is 14.0 Å². The number of nitrogens with one attached hydrogen (secondary N) is 2. The molecule has 0 heterocycles. The maximum Gasteiger partial charge on any atom is 0.257 e. The van der Waals surface area contributed by atoms with Crippen LogP contribution in [-0.2, 0) is 4.79 Å². The molecule has 0 atom stereocenters. The second kappa shape index (κ2) is 8.77. The zero-order chi connectivity index (χ0) is 19.2. The fourth-order valence-electron chi connectivity index (χ4n) is 2.89. The van der Waals surface area contributed by atoms with Crippen molar-refractivity contribution in [1.29, 1.82) is 0 Å². The molecule has 1 aliphatic rings. The first-order valence-electron chi connectivity index (χ1n) is 9.23.